The first-order chi connectivity index (χ1) is 9.63. The van der Waals surface area contributed by atoms with Gasteiger partial charge in [-0.2, -0.15) is 0 Å². The van der Waals surface area contributed by atoms with Crippen LogP contribution in [0, 0.1) is 0 Å². The van der Waals surface area contributed by atoms with E-state index >= 15 is 0 Å². The van der Waals surface area contributed by atoms with E-state index in [1.54, 1.807) is 18.2 Å². The van der Waals surface area contributed by atoms with Gasteiger partial charge in [-0.3, -0.25) is 9.79 Å². The van der Waals surface area contributed by atoms with Crippen LogP contribution in [-0.4, -0.2) is 31.5 Å². The van der Waals surface area contributed by atoms with Gasteiger partial charge in [0.05, 0.1) is 0 Å². The first kappa shape index (κ1) is 16.2. The van der Waals surface area contributed by atoms with Crippen LogP contribution in [0.25, 0.3) is 0 Å². The molecule has 0 aliphatic carbocycles. The number of amides is 1. The van der Waals surface area contributed by atoms with Gasteiger partial charge in [-0.25, -0.2) is 0 Å². The summed E-state index contributed by atoms with van der Waals surface area (Å²) in [6, 6.07) is 7.26. The Morgan fingerprint density at radius 3 is 2.95 bits per heavy atom. The molecule has 1 aromatic rings. The van der Waals surface area contributed by atoms with Crippen molar-refractivity contribution in [3.63, 3.8) is 0 Å². The van der Waals surface area contributed by atoms with E-state index in [9.17, 15) is 4.79 Å². The first-order valence-electron chi connectivity index (χ1n) is 6.32. The van der Waals surface area contributed by atoms with E-state index in [0.717, 1.165) is 10.9 Å². The third kappa shape index (κ3) is 6.38. The lowest BCUT2D eigenvalue weighted by molar-refractivity contribution is 0.0953. The Morgan fingerprint density at radius 1 is 1.45 bits per heavy atom. The number of carbonyl (C=O) groups is 1. The number of rotatable bonds is 7. The third-order valence-corrected chi connectivity index (χ3v) is 2.91. The van der Waals surface area contributed by atoms with Crippen LogP contribution in [0.3, 0.4) is 0 Å². The second kappa shape index (κ2) is 9.14. The number of nitrogens with one attached hydrogen (secondary N) is 2. The molecule has 0 aliphatic heterocycles. The summed E-state index contributed by atoms with van der Waals surface area (Å²) < 4.78 is 0.885. The van der Waals surface area contributed by atoms with Crippen molar-refractivity contribution in [2.75, 3.05) is 19.6 Å². The Labute approximate surface area is 127 Å². The van der Waals surface area contributed by atoms with Crippen LogP contribution in [0.2, 0.25) is 0 Å². The molecule has 5 nitrogen and oxygen atoms in total. The van der Waals surface area contributed by atoms with Crippen molar-refractivity contribution in [2.24, 2.45) is 10.7 Å². The molecule has 0 unspecified atom stereocenters. The number of guanidine groups is 1. The van der Waals surface area contributed by atoms with Gasteiger partial charge < -0.3 is 16.4 Å². The molecule has 0 bridgehead atoms. The van der Waals surface area contributed by atoms with Gasteiger partial charge in [0, 0.05) is 29.7 Å². The highest BCUT2D eigenvalue weighted by Gasteiger charge is 2.04. The first-order valence-corrected chi connectivity index (χ1v) is 7.11. The zero-order chi connectivity index (χ0) is 14.8. The Balaban J connectivity index is 2.24. The minimum atomic E-state index is -0.0898. The topological polar surface area (TPSA) is 79.5 Å². The van der Waals surface area contributed by atoms with Gasteiger partial charge >= 0.3 is 0 Å². The fraction of sp³-hybridized carbons (Fsp3) is 0.286. The largest absolute Gasteiger partial charge is 0.370 e. The van der Waals surface area contributed by atoms with Crippen LogP contribution in [0.5, 0.6) is 0 Å². The molecule has 0 spiro atoms. The Bertz CT molecular complexity index is 488. The smallest absolute Gasteiger partial charge is 0.251 e. The fourth-order valence-electron chi connectivity index (χ4n) is 1.44. The summed E-state index contributed by atoms with van der Waals surface area (Å²) in [6.07, 6.45) is 2.44. The summed E-state index contributed by atoms with van der Waals surface area (Å²) in [5.41, 5.74) is 6.24. The fourth-order valence-corrected chi connectivity index (χ4v) is 1.84. The molecule has 0 aliphatic rings. The average molecular weight is 339 g/mol. The van der Waals surface area contributed by atoms with E-state index in [0.29, 0.717) is 31.2 Å². The standard InChI is InChI=1S/C14H19BrN4O/c1-2-7-18-14(16)19-9-4-8-17-13(20)11-5-3-6-12(15)10-11/h2-3,5-6,10H,1,4,7-9H2,(H,17,20)(H3,16,18,19). The molecule has 0 saturated carbocycles. The van der Waals surface area contributed by atoms with Crippen LogP contribution >= 0.6 is 15.9 Å². The summed E-state index contributed by atoms with van der Waals surface area (Å²) in [4.78, 5) is 15.9. The number of carbonyl (C=O) groups excluding carboxylic acids is 1. The molecule has 108 valence electrons. The highest BCUT2D eigenvalue weighted by atomic mass is 79.9. The van der Waals surface area contributed by atoms with Gasteiger partial charge in [-0.1, -0.05) is 28.1 Å². The second-order valence-electron chi connectivity index (χ2n) is 4.06. The highest BCUT2D eigenvalue weighted by Crippen LogP contribution is 2.11. The number of nitrogens with two attached hydrogens (primary N) is 1. The summed E-state index contributed by atoms with van der Waals surface area (Å²) >= 11 is 3.33. The number of nitrogens with zero attached hydrogens (tertiary/aromatic N) is 1. The molecular formula is C14H19BrN4O. The summed E-state index contributed by atoms with van der Waals surface area (Å²) in [5.74, 6) is 0.302. The van der Waals surface area contributed by atoms with Gasteiger partial charge in [-0.05, 0) is 24.6 Å². The lowest BCUT2D eigenvalue weighted by atomic mass is 10.2. The molecule has 0 radical (unpaired) electrons. The predicted molar refractivity (Wildman–Crippen MR) is 85.8 cm³/mol. The molecule has 20 heavy (non-hydrogen) atoms. The Morgan fingerprint density at radius 2 is 2.25 bits per heavy atom. The Hall–Kier alpha value is -1.82. The molecule has 0 aromatic heterocycles. The molecule has 0 atom stereocenters. The summed E-state index contributed by atoms with van der Waals surface area (Å²) in [5, 5.41) is 5.72. The van der Waals surface area contributed by atoms with Crippen LogP contribution in [0.4, 0.5) is 0 Å². The maximum Gasteiger partial charge on any atom is 0.251 e. The number of benzene rings is 1. The number of hydrogen-bond donors (Lipinski definition) is 3. The minimum Gasteiger partial charge on any atom is -0.370 e. The van der Waals surface area contributed by atoms with Gasteiger partial charge in [0.25, 0.3) is 5.91 Å². The van der Waals surface area contributed by atoms with Crippen molar-refractivity contribution in [1.82, 2.24) is 10.6 Å². The predicted octanol–water partition coefficient (Wildman–Crippen LogP) is 1.66. The summed E-state index contributed by atoms with van der Waals surface area (Å²) in [6.45, 7) is 5.29. The maximum absolute atomic E-state index is 11.8. The van der Waals surface area contributed by atoms with Crippen LogP contribution in [0.1, 0.15) is 16.8 Å². The average Bonchev–Trinajstić information content (AvgIpc) is 2.44. The van der Waals surface area contributed by atoms with Crippen LogP contribution < -0.4 is 16.4 Å². The SMILES string of the molecule is C=CCNC(N)=NCCCNC(=O)c1cccc(Br)c1. The van der Waals surface area contributed by atoms with E-state index in [1.165, 1.54) is 0 Å². The number of hydrogen-bond acceptors (Lipinski definition) is 2. The zero-order valence-electron chi connectivity index (χ0n) is 11.2. The summed E-state index contributed by atoms with van der Waals surface area (Å²) in [7, 11) is 0. The number of aliphatic imine (C=N–C) groups is 1. The van der Waals surface area contributed by atoms with Crippen molar-refractivity contribution < 1.29 is 4.79 Å². The van der Waals surface area contributed by atoms with Crippen LogP contribution in [-0.2, 0) is 0 Å². The van der Waals surface area contributed by atoms with Crippen molar-refractivity contribution >= 4 is 27.8 Å². The van der Waals surface area contributed by atoms with E-state index in [2.05, 4.69) is 38.1 Å². The molecule has 0 saturated heterocycles. The highest BCUT2D eigenvalue weighted by molar-refractivity contribution is 9.10. The van der Waals surface area contributed by atoms with Gasteiger partial charge in [0.1, 0.15) is 0 Å². The minimum absolute atomic E-state index is 0.0898. The lowest BCUT2D eigenvalue weighted by Gasteiger charge is -2.05. The van der Waals surface area contributed by atoms with Crippen molar-refractivity contribution in [1.29, 1.82) is 0 Å². The maximum atomic E-state index is 11.8. The van der Waals surface area contributed by atoms with Gasteiger partial charge in [0.2, 0.25) is 0 Å². The molecule has 4 N–H and O–H groups in total. The zero-order valence-corrected chi connectivity index (χ0v) is 12.8. The third-order valence-electron chi connectivity index (χ3n) is 2.42. The van der Waals surface area contributed by atoms with E-state index in [1.807, 2.05) is 12.1 Å². The van der Waals surface area contributed by atoms with Crippen molar-refractivity contribution in [3.8, 4) is 0 Å². The van der Waals surface area contributed by atoms with E-state index in [4.69, 9.17) is 5.73 Å². The lowest BCUT2D eigenvalue weighted by Crippen LogP contribution is -2.32. The Kier molecular flexibility index (Phi) is 7.42. The van der Waals surface area contributed by atoms with E-state index < -0.39 is 0 Å². The number of halogens is 1. The normalized spacial score (nSPS) is 10.9. The second-order valence-corrected chi connectivity index (χ2v) is 4.97. The molecule has 1 rings (SSSR count). The molecule has 1 aromatic carbocycles. The molecular weight excluding hydrogens is 320 g/mol. The van der Waals surface area contributed by atoms with Crippen molar-refractivity contribution in [3.05, 3.63) is 47.0 Å². The van der Waals surface area contributed by atoms with Crippen molar-refractivity contribution in [2.45, 2.75) is 6.42 Å². The van der Waals surface area contributed by atoms with Gasteiger partial charge in [0.15, 0.2) is 5.96 Å². The molecule has 0 heterocycles. The monoisotopic (exact) mass is 338 g/mol. The molecule has 1 amide bonds. The van der Waals surface area contributed by atoms with E-state index in [-0.39, 0.29) is 5.91 Å². The molecule has 0 fully saturated rings. The van der Waals surface area contributed by atoms with Gasteiger partial charge in [-0.15, -0.1) is 6.58 Å². The molecule has 6 heteroatoms. The quantitative estimate of drug-likeness (QED) is 0.306. The van der Waals surface area contributed by atoms with Crippen LogP contribution in [0.15, 0.2) is 46.4 Å².